The van der Waals surface area contributed by atoms with E-state index in [1.807, 2.05) is 12.1 Å². The van der Waals surface area contributed by atoms with Gasteiger partial charge in [-0.1, -0.05) is 12.1 Å². The molecule has 1 aromatic heterocycles. The first-order valence-electron chi connectivity index (χ1n) is 8.80. The van der Waals surface area contributed by atoms with E-state index in [-0.39, 0.29) is 23.9 Å². The molecule has 1 atom stereocenters. The standard InChI is InChI=1S/C19H16BFN2O4S2/c1-10(24)16-9-28-18(23-16)19-22-15-5-3-12(7-17(15)29-19)27-8-11-2-4-13(20(25)26)14(21)6-11/h2-7,16,25-26H,8-9H2,1H3/t16-/m1/s1. The molecule has 0 spiro atoms. The molecule has 0 saturated carbocycles. The minimum Gasteiger partial charge on any atom is -0.489 e. The summed E-state index contributed by atoms with van der Waals surface area (Å²) in [4.78, 5) is 20.5. The highest BCUT2D eigenvalue weighted by Crippen LogP contribution is 2.32. The van der Waals surface area contributed by atoms with E-state index in [1.54, 1.807) is 19.1 Å². The highest BCUT2D eigenvalue weighted by atomic mass is 32.2. The summed E-state index contributed by atoms with van der Waals surface area (Å²) in [7, 11) is -1.85. The van der Waals surface area contributed by atoms with Crippen LogP contribution in [-0.2, 0) is 11.4 Å². The van der Waals surface area contributed by atoms with Crippen LogP contribution in [0, 0.1) is 5.82 Å². The third kappa shape index (κ3) is 4.35. The summed E-state index contributed by atoms with van der Waals surface area (Å²) in [6, 6.07) is 9.34. The summed E-state index contributed by atoms with van der Waals surface area (Å²) in [6.07, 6.45) is 0. The van der Waals surface area contributed by atoms with Crippen LogP contribution in [0.5, 0.6) is 5.75 Å². The van der Waals surface area contributed by atoms with Gasteiger partial charge in [0, 0.05) is 11.2 Å². The van der Waals surface area contributed by atoms with Gasteiger partial charge in [0.05, 0.1) is 10.2 Å². The fourth-order valence-electron chi connectivity index (χ4n) is 2.82. The number of carbonyl (C=O) groups excluding carboxylic acids is 1. The molecule has 0 aliphatic carbocycles. The zero-order valence-corrected chi connectivity index (χ0v) is 17.0. The molecule has 0 fully saturated rings. The number of aromatic nitrogens is 1. The molecule has 0 unspecified atom stereocenters. The van der Waals surface area contributed by atoms with Gasteiger partial charge in [0.1, 0.15) is 34.3 Å². The van der Waals surface area contributed by atoms with Crippen molar-refractivity contribution >= 4 is 56.7 Å². The molecule has 0 bridgehead atoms. The Labute approximate surface area is 174 Å². The maximum Gasteiger partial charge on any atom is 0.491 e. The van der Waals surface area contributed by atoms with E-state index in [0.717, 1.165) is 20.3 Å². The van der Waals surface area contributed by atoms with Crippen LogP contribution in [0.4, 0.5) is 4.39 Å². The lowest BCUT2D eigenvalue weighted by atomic mass is 9.79. The lowest BCUT2D eigenvalue weighted by Crippen LogP contribution is -2.32. The van der Waals surface area contributed by atoms with Gasteiger partial charge in [-0.3, -0.25) is 9.79 Å². The Morgan fingerprint density at radius 2 is 2.14 bits per heavy atom. The highest BCUT2D eigenvalue weighted by molar-refractivity contribution is 8.15. The number of hydrogen-bond donors (Lipinski definition) is 2. The first-order valence-corrected chi connectivity index (χ1v) is 10.6. The number of fused-ring (bicyclic) bond motifs is 1. The molecule has 0 radical (unpaired) electrons. The van der Waals surface area contributed by atoms with Gasteiger partial charge in [0.25, 0.3) is 0 Å². The molecule has 3 aromatic rings. The van der Waals surface area contributed by atoms with E-state index in [9.17, 15) is 9.18 Å². The average Bonchev–Trinajstić information content (AvgIpc) is 3.32. The molecule has 1 aliphatic rings. The lowest BCUT2D eigenvalue weighted by Gasteiger charge is -2.08. The topological polar surface area (TPSA) is 92.0 Å². The van der Waals surface area contributed by atoms with E-state index in [2.05, 4.69) is 9.98 Å². The van der Waals surface area contributed by atoms with E-state index >= 15 is 0 Å². The Bertz CT molecular complexity index is 1120. The van der Waals surface area contributed by atoms with Crippen LogP contribution in [0.2, 0.25) is 0 Å². The Balaban J connectivity index is 1.49. The van der Waals surface area contributed by atoms with E-state index < -0.39 is 12.9 Å². The van der Waals surface area contributed by atoms with Crippen molar-refractivity contribution in [2.75, 3.05) is 5.75 Å². The minimum atomic E-state index is -1.85. The number of nitrogens with zero attached hydrogens (tertiary/aromatic N) is 2. The molecular formula is C19H16BFN2O4S2. The molecule has 148 valence electrons. The van der Waals surface area contributed by atoms with Crippen molar-refractivity contribution in [2.24, 2.45) is 4.99 Å². The van der Waals surface area contributed by atoms with Gasteiger partial charge >= 0.3 is 7.12 Å². The summed E-state index contributed by atoms with van der Waals surface area (Å²) in [5.74, 6) is 0.629. The normalized spacial score (nSPS) is 16.1. The number of Topliss-reactive ketones (excluding diaryl/α,β-unsaturated/α-hetero) is 1. The number of ether oxygens (including phenoxy) is 1. The molecule has 6 nitrogen and oxygen atoms in total. The third-order valence-corrected chi connectivity index (χ3v) is 6.62. The van der Waals surface area contributed by atoms with Gasteiger partial charge in [0.15, 0.2) is 5.78 Å². The lowest BCUT2D eigenvalue weighted by molar-refractivity contribution is -0.117. The van der Waals surface area contributed by atoms with E-state index in [0.29, 0.717) is 17.1 Å². The molecule has 10 heteroatoms. The maximum atomic E-state index is 13.8. The van der Waals surface area contributed by atoms with Crippen LogP contribution >= 0.6 is 23.1 Å². The highest BCUT2D eigenvalue weighted by Gasteiger charge is 2.25. The first kappa shape index (κ1) is 20.0. The zero-order chi connectivity index (χ0) is 20.5. The van der Waals surface area contributed by atoms with Gasteiger partial charge in [-0.05, 0) is 36.8 Å². The van der Waals surface area contributed by atoms with Crippen molar-refractivity contribution in [3.8, 4) is 5.75 Å². The Morgan fingerprint density at radius 1 is 1.31 bits per heavy atom. The summed E-state index contributed by atoms with van der Waals surface area (Å²) in [5, 5.41) is 19.7. The number of thiazole rings is 1. The SMILES string of the molecule is CC(=O)[C@H]1CSC(c2nc3ccc(OCc4ccc(B(O)O)c(F)c4)cc3s2)=N1. The van der Waals surface area contributed by atoms with Crippen LogP contribution in [0.25, 0.3) is 10.2 Å². The van der Waals surface area contributed by atoms with Crippen LogP contribution in [0.3, 0.4) is 0 Å². The molecule has 2 heterocycles. The van der Waals surface area contributed by atoms with Gasteiger partial charge in [-0.25, -0.2) is 9.37 Å². The Hall–Kier alpha value is -2.27. The molecule has 29 heavy (non-hydrogen) atoms. The number of carbonyl (C=O) groups is 1. The number of halogens is 1. The molecule has 0 saturated heterocycles. The van der Waals surface area contributed by atoms with E-state index in [1.165, 1.54) is 35.2 Å². The fraction of sp³-hybridized carbons (Fsp3) is 0.211. The van der Waals surface area contributed by atoms with E-state index in [4.69, 9.17) is 14.8 Å². The largest absolute Gasteiger partial charge is 0.491 e. The predicted octanol–water partition coefficient (Wildman–Crippen LogP) is 2.15. The van der Waals surface area contributed by atoms with Crippen molar-refractivity contribution in [3.63, 3.8) is 0 Å². The molecule has 1 aliphatic heterocycles. The minimum absolute atomic E-state index is 0.0577. The zero-order valence-electron chi connectivity index (χ0n) is 15.3. The predicted molar refractivity (Wildman–Crippen MR) is 114 cm³/mol. The summed E-state index contributed by atoms with van der Waals surface area (Å²) in [5.41, 5.74) is 1.22. The molecule has 4 rings (SSSR count). The second-order valence-electron chi connectivity index (χ2n) is 6.54. The van der Waals surface area contributed by atoms with Crippen LogP contribution in [0.15, 0.2) is 41.4 Å². The Morgan fingerprint density at radius 3 is 2.83 bits per heavy atom. The third-order valence-electron chi connectivity index (χ3n) is 4.41. The Kier molecular flexibility index (Phi) is 5.68. The molecular weight excluding hydrogens is 414 g/mol. The monoisotopic (exact) mass is 430 g/mol. The van der Waals surface area contributed by atoms with Crippen molar-refractivity contribution in [2.45, 2.75) is 19.6 Å². The second kappa shape index (κ2) is 8.23. The maximum absolute atomic E-state index is 13.8. The second-order valence-corrected chi connectivity index (χ2v) is 8.58. The van der Waals surface area contributed by atoms with Crippen molar-refractivity contribution < 1.29 is 24.0 Å². The van der Waals surface area contributed by atoms with Crippen molar-refractivity contribution in [1.82, 2.24) is 4.98 Å². The molecule has 0 amide bonds. The average molecular weight is 430 g/mol. The molecule has 2 aromatic carbocycles. The van der Waals surface area contributed by atoms with Crippen LogP contribution < -0.4 is 10.2 Å². The summed E-state index contributed by atoms with van der Waals surface area (Å²) >= 11 is 3.02. The summed E-state index contributed by atoms with van der Waals surface area (Å²) in [6.45, 7) is 1.68. The van der Waals surface area contributed by atoms with Crippen molar-refractivity contribution in [3.05, 3.63) is 52.8 Å². The quantitative estimate of drug-likeness (QED) is 0.583. The van der Waals surface area contributed by atoms with Gasteiger partial charge in [0.2, 0.25) is 0 Å². The van der Waals surface area contributed by atoms with Gasteiger partial charge in [-0.2, -0.15) is 0 Å². The molecule has 2 N–H and O–H groups in total. The van der Waals surface area contributed by atoms with Crippen LogP contribution in [0.1, 0.15) is 17.5 Å². The van der Waals surface area contributed by atoms with Crippen molar-refractivity contribution in [1.29, 1.82) is 0 Å². The summed E-state index contributed by atoms with van der Waals surface area (Å²) < 4.78 is 20.5. The smallest absolute Gasteiger partial charge is 0.489 e. The fourth-order valence-corrected chi connectivity index (χ4v) is 5.01. The van der Waals surface area contributed by atoms with Gasteiger partial charge in [-0.15, -0.1) is 23.1 Å². The number of thioether (sulfide) groups is 1. The number of aliphatic imine (C=N–C) groups is 1. The number of hydrogen-bond acceptors (Lipinski definition) is 8. The van der Waals surface area contributed by atoms with Crippen LogP contribution in [-0.4, -0.2) is 44.8 Å². The van der Waals surface area contributed by atoms with Gasteiger partial charge < -0.3 is 14.8 Å². The number of ketones is 1. The first-order chi connectivity index (χ1) is 13.9. The number of benzene rings is 2. The number of rotatable bonds is 6.